The fourth-order valence-corrected chi connectivity index (χ4v) is 6.24. The molecule has 0 aromatic carbocycles. The Labute approximate surface area is 226 Å². The maximum Gasteiger partial charge on any atom is 0.325 e. The molecule has 206 valence electrons. The van der Waals surface area contributed by atoms with Crippen molar-refractivity contribution in [1.82, 2.24) is 14.9 Å². The number of hydrogen-bond donors (Lipinski definition) is 2. The molecule has 2 N–H and O–H groups in total. The molecule has 2 aromatic heterocycles. The van der Waals surface area contributed by atoms with Crippen molar-refractivity contribution in [1.29, 1.82) is 0 Å². The number of carbonyl (C=O) groups is 1. The number of aryl methyl sites for hydroxylation is 2. The van der Waals surface area contributed by atoms with Crippen molar-refractivity contribution in [3.63, 3.8) is 0 Å². The number of likely N-dealkylation sites (tertiary alicyclic amines) is 1. The summed E-state index contributed by atoms with van der Waals surface area (Å²) in [7, 11) is 0. The van der Waals surface area contributed by atoms with Crippen molar-refractivity contribution in [3.05, 3.63) is 53.0 Å². The van der Waals surface area contributed by atoms with Gasteiger partial charge in [0.05, 0.1) is 11.7 Å². The van der Waals surface area contributed by atoms with Gasteiger partial charge in [-0.15, -0.1) is 0 Å². The highest BCUT2D eigenvalue weighted by atomic mass is 16.5. The van der Waals surface area contributed by atoms with Gasteiger partial charge in [-0.25, -0.2) is 4.98 Å². The molecule has 3 aliphatic rings. The number of anilines is 1. The molecule has 2 saturated heterocycles. The Kier molecular flexibility index (Phi) is 8.61. The smallest absolute Gasteiger partial charge is 0.325 e. The monoisotopic (exact) mass is 522 g/mol. The summed E-state index contributed by atoms with van der Waals surface area (Å²) in [6.45, 7) is 7.90. The molecule has 3 aliphatic heterocycles. The van der Waals surface area contributed by atoms with Crippen LogP contribution in [0.4, 0.5) is 5.82 Å². The van der Waals surface area contributed by atoms with Crippen molar-refractivity contribution in [3.8, 4) is 0 Å². The number of hydrogen-bond acceptors (Lipinski definition) is 7. The lowest BCUT2D eigenvalue weighted by atomic mass is 9.83. The lowest BCUT2D eigenvalue weighted by molar-refractivity contribution is -0.143. The minimum atomic E-state index is -0.821. The Bertz CT molecular complexity index is 1110. The normalized spacial score (nSPS) is 23.9. The first-order valence-electron chi connectivity index (χ1n) is 14.3. The van der Waals surface area contributed by atoms with Crippen LogP contribution in [0, 0.1) is 0 Å². The Hall–Kier alpha value is -2.55. The van der Waals surface area contributed by atoms with Gasteiger partial charge < -0.3 is 19.9 Å². The molecule has 8 heteroatoms. The minimum Gasteiger partial charge on any atom is -0.480 e. The van der Waals surface area contributed by atoms with Gasteiger partial charge in [0.2, 0.25) is 0 Å². The summed E-state index contributed by atoms with van der Waals surface area (Å²) in [5, 5.41) is 13.7. The molecule has 0 radical (unpaired) electrons. The second-order valence-corrected chi connectivity index (χ2v) is 11.6. The number of aliphatic carboxylic acids is 1. The summed E-state index contributed by atoms with van der Waals surface area (Å²) in [4.78, 5) is 24.1. The van der Waals surface area contributed by atoms with Crippen LogP contribution in [0.25, 0.3) is 0 Å². The van der Waals surface area contributed by atoms with Crippen LogP contribution in [-0.4, -0.2) is 70.5 Å². The Morgan fingerprint density at radius 2 is 2.18 bits per heavy atom. The quantitative estimate of drug-likeness (QED) is 0.432. The van der Waals surface area contributed by atoms with Crippen LogP contribution >= 0.6 is 0 Å². The summed E-state index contributed by atoms with van der Waals surface area (Å²) in [6.07, 6.45) is 9.63. The second-order valence-electron chi connectivity index (χ2n) is 11.6. The first-order valence-corrected chi connectivity index (χ1v) is 14.3. The number of pyridine rings is 2. The maximum atomic E-state index is 12.5. The third-order valence-electron chi connectivity index (χ3n) is 8.16. The molecule has 2 fully saturated rings. The number of carboxylic acid groups (broad SMARTS) is 1. The summed E-state index contributed by atoms with van der Waals surface area (Å²) >= 11 is 0. The second kappa shape index (κ2) is 12.1. The van der Waals surface area contributed by atoms with Gasteiger partial charge in [0.1, 0.15) is 11.9 Å². The third kappa shape index (κ3) is 6.53. The predicted molar refractivity (Wildman–Crippen MR) is 147 cm³/mol. The molecule has 38 heavy (non-hydrogen) atoms. The molecule has 8 nitrogen and oxygen atoms in total. The van der Waals surface area contributed by atoms with Crippen LogP contribution < -0.4 is 5.32 Å². The summed E-state index contributed by atoms with van der Waals surface area (Å²) < 4.78 is 12.1. The van der Waals surface area contributed by atoms with Gasteiger partial charge in [-0.3, -0.25) is 14.7 Å². The number of fused-ring (bicyclic) bond motifs is 1. The summed E-state index contributed by atoms with van der Waals surface area (Å²) in [5.74, 6) is 0.437. The van der Waals surface area contributed by atoms with Gasteiger partial charge in [0, 0.05) is 61.9 Å². The number of aromatic nitrogens is 2. The van der Waals surface area contributed by atoms with Crippen molar-refractivity contribution in [2.45, 2.75) is 88.9 Å². The van der Waals surface area contributed by atoms with E-state index in [0.717, 1.165) is 74.3 Å². The molecule has 0 spiro atoms. The number of carboxylic acids is 1. The lowest BCUT2D eigenvalue weighted by Gasteiger charge is -2.36. The molecule has 0 saturated carbocycles. The molecule has 1 unspecified atom stereocenters. The average molecular weight is 523 g/mol. The molecule has 5 rings (SSSR count). The Balaban J connectivity index is 1.13. The van der Waals surface area contributed by atoms with E-state index in [1.54, 1.807) is 6.20 Å². The molecule has 2 aromatic rings. The minimum absolute atomic E-state index is 0.0602. The SMILES string of the molecule is CC1(C)CC(c2ncccc2[C@@H](C(=O)O)N2CC[C@@H](OCCCCc3ccc4c(n3)NCCC4)C2)CCO1. The number of ether oxygens (including phenoxy) is 2. The van der Waals surface area contributed by atoms with E-state index in [1.807, 2.05) is 12.1 Å². The van der Waals surface area contributed by atoms with E-state index in [0.29, 0.717) is 26.3 Å². The van der Waals surface area contributed by atoms with Gasteiger partial charge in [-0.2, -0.15) is 0 Å². The van der Waals surface area contributed by atoms with Crippen molar-refractivity contribution >= 4 is 11.8 Å². The summed E-state index contributed by atoms with van der Waals surface area (Å²) in [5.41, 5.74) is 3.95. The highest BCUT2D eigenvalue weighted by Gasteiger charge is 2.38. The zero-order valence-electron chi connectivity index (χ0n) is 22.8. The topological polar surface area (TPSA) is 96.8 Å². The molecular formula is C30H42N4O4. The van der Waals surface area contributed by atoms with E-state index in [9.17, 15) is 9.90 Å². The van der Waals surface area contributed by atoms with Crippen molar-refractivity contribution in [2.75, 3.05) is 38.2 Å². The predicted octanol–water partition coefficient (Wildman–Crippen LogP) is 4.75. The Morgan fingerprint density at radius 1 is 1.29 bits per heavy atom. The fourth-order valence-electron chi connectivity index (χ4n) is 6.24. The van der Waals surface area contributed by atoms with Gasteiger partial charge in [0.15, 0.2) is 0 Å². The van der Waals surface area contributed by atoms with E-state index in [-0.39, 0.29) is 17.6 Å². The van der Waals surface area contributed by atoms with E-state index in [4.69, 9.17) is 19.4 Å². The van der Waals surface area contributed by atoms with Crippen LogP contribution in [-0.2, 0) is 27.1 Å². The number of unbranched alkanes of at least 4 members (excludes halogenated alkanes) is 1. The van der Waals surface area contributed by atoms with E-state index >= 15 is 0 Å². The molecule has 0 bridgehead atoms. The lowest BCUT2D eigenvalue weighted by Crippen LogP contribution is -2.36. The number of rotatable bonds is 10. The van der Waals surface area contributed by atoms with Gasteiger partial charge in [0.25, 0.3) is 0 Å². The van der Waals surface area contributed by atoms with E-state index in [2.05, 4.69) is 36.2 Å². The van der Waals surface area contributed by atoms with Crippen molar-refractivity contribution < 1.29 is 19.4 Å². The average Bonchev–Trinajstić information content (AvgIpc) is 3.36. The highest BCUT2D eigenvalue weighted by molar-refractivity contribution is 5.76. The van der Waals surface area contributed by atoms with Crippen LogP contribution in [0.5, 0.6) is 0 Å². The van der Waals surface area contributed by atoms with Crippen LogP contribution in [0.1, 0.15) is 86.8 Å². The van der Waals surface area contributed by atoms with Crippen LogP contribution in [0.2, 0.25) is 0 Å². The molecular weight excluding hydrogens is 480 g/mol. The standard InChI is InChI=1S/C30H42N4O4/c1-30(2)19-22(13-18-38-30)26-25(9-6-14-31-26)27(29(35)36)34-16-12-24(20-34)37-17-4-3-8-23-11-10-21-7-5-15-32-28(21)33-23/h6,9-11,14,22,24,27H,3-5,7-8,12-13,15-20H2,1-2H3,(H,32,33)(H,35,36)/t22?,24-,27+/m1/s1. The molecule has 3 atom stereocenters. The van der Waals surface area contributed by atoms with E-state index < -0.39 is 12.0 Å². The third-order valence-corrected chi connectivity index (χ3v) is 8.16. The van der Waals surface area contributed by atoms with Gasteiger partial charge in [-0.05, 0) is 82.9 Å². The first kappa shape index (κ1) is 27.0. The fraction of sp³-hybridized carbons (Fsp3) is 0.633. The van der Waals surface area contributed by atoms with Crippen molar-refractivity contribution in [2.24, 2.45) is 0 Å². The zero-order chi connectivity index (χ0) is 26.5. The van der Waals surface area contributed by atoms with Gasteiger partial charge >= 0.3 is 5.97 Å². The zero-order valence-corrected chi connectivity index (χ0v) is 22.8. The van der Waals surface area contributed by atoms with Crippen LogP contribution in [0.15, 0.2) is 30.5 Å². The Morgan fingerprint density at radius 3 is 3.03 bits per heavy atom. The highest BCUT2D eigenvalue weighted by Crippen LogP contribution is 2.39. The van der Waals surface area contributed by atoms with Gasteiger partial charge in [-0.1, -0.05) is 12.1 Å². The summed E-state index contributed by atoms with van der Waals surface area (Å²) in [6, 6.07) is 7.46. The molecule has 0 aliphatic carbocycles. The molecule has 0 amide bonds. The van der Waals surface area contributed by atoms with Crippen LogP contribution in [0.3, 0.4) is 0 Å². The largest absolute Gasteiger partial charge is 0.480 e. The number of nitrogens with zero attached hydrogens (tertiary/aromatic N) is 3. The number of nitrogens with one attached hydrogen (secondary N) is 1. The maximum absolute atomic E-state index is 12.5. The molecule has 5 heterocycles. The first-order chi connectivity index (χ1) is 18.4. The van der Waals surface area contributed by atoms with E-state index in [1.165, 1.54) is 12.0 Å².